The Kier molecular flexibility index (Phi) is 3.72. The van der Waals surface area contributed by atoms with E-state index in [2.05, 4.69) is 14.7 Å². The molecule has 0 aliphatic carbocycles. The number of aryl methyl sites for hydroxylation is 1. The quantitative estimate of drug-likeness (QED) is 0.777. The zero-order valence-corrected chi connectivity index (χ0v) is 13.2. The Hall–Kier alpha value is -2.18. The molecule has 0 saturated heterocycles. The molecule has 22 heavy (non-hydrogen) atoms. The summed E-state index contributed by atoms with van der Waals surface area (Å²) in [6.07, 6.45) is 0. The fraction of sp³-hybridized carbons (Fsp3) is 0.188. The third-order valence-electron chi connectivity index (χ3n) is 3.45. The van der Waals surface area contributed by atoms with Gasteiger partial charge in [-0.1, -0.05) is 24.3 Å². The van der Waals surface area contributed by atoms with Gasteiger partial charge in [-0.25, -0.2) is 18.1 Å². The molecule has 0 aliphatic heterocycles. The van der Waals surface area contributed by atoms with Crippen molar-refractivity contribution in [3.8, 4) is 0 Å². The molecule has 114 valence electrons. The molecule has 0 aliphatic rings. The van der Waals surface area contributed by atoms with Crippen LogP contribution in [0.1, 0.15) is 24.4 Å². The normalized spacial score (nSPS) is 13.4. The lowest BCUT2D eigenvalue weighted by atomic mass is 10.2. The van der Waals surface area contributed by atoms with E-state index < -0.39 is 16.1 Å². The SMILES string of the molecule is Cc1ccc2nc(C(C)NS(=O)(=O)c3ccccc3)[nH]c2c1. The van der Waals surface area contributed by atoms with E-state index in [0.717, 1.165) is 16.6 Å². The molecule has 0 saturated carbocycles. The second-order valence-electron chi connectivity index (χ2n) is 5.30. The number of fused-ring (bicyclic) bond motifs is 1. The van der Waals surface area contributed by atoms with E-state index in [0.29, 0.717) is 5.82 Å². The first-order valence-corrected chi connectivity index (χ1v) is 8.48. The van der Waals surface area contributed by atoms with Crippen LogP contribution in [-0.2, 0) is 10.0 Å². The van der Waals surface area contributed by atoms with Crippen molar-refractivity contribution in [3.05, 3.63) is 59.9 Å². The summed E-state index contributed by atoms with van der Waals surface area (Å²) < 4.78 is 27.3. The van der Waals surface area contributed by atoms with Crippen LogP contribution in [0, 0.1) is 6.92 Å². The van der Waals surface area contributed by atoms with Crippen molar-refractivity contribution < 1.29 is 8.42 Å². The molecule has 5 nitrogen and oxygen atoms in total. The topological polar surface area (TPSA) is 74.8 Å². The number of aromatic amines is 1. The Balaban J connectivity index is 1.88. The summed E-state index contributed by atoms with van der Waals surface area (Å²) in [5, 5.41) is 0. The van der Waals surface area contributed by atoms with E-state index in [1.165, 1.54) is 0 Å². The Bertz CT molecular complexity index is 902. The van der Waals surface area contributed by atoms with Gasteiger partial charge in [0.1, 0.15) is 5.82 Å². The van der Waals surface area contributed by atoms with Gasteiger partial charge < -0.3 is 4.98 Å². The first-order chi connectivity index (χ1) is 10.5. The fourth-order valence-electron chi connectivity index (χ4n) is 2.30. The minimum atomic E-state index is -3.56. The van der Waals surface area contributed by atoms with Crippen molar-refractivity contribution >= 4 is 21.1 Å². The average molecular weight is 315 g/mol. The third-order valence-corrected chi connectivity index (χ3v) is 5.01. The average Bonchev–Trinajstić information content (AvgIpc) is 2.91. The van der Waals surface area contributed by atoms with Gasteiger partial charge in [0.15, 0.2) is 0 Å². The summed E-state index contributed by atoms with van der Waals surface area (Å²) in [4.78, 5) is 7.87. The van der Waals surface area contributed by atoms with Crippen molar-refractivity contribution in [1.29, 1.82) is 0 Å². The number of benzene rings is 2. The molecule has 2 aromatic carbocycles. The van der Waals surface area contributed by atoms with Crippen LogP contribution in [0.2, 0.25) is 0 Å². The van der Waals surface area contributed by atoms with Gasteiger partial charge in [0.05, 0.1) is 22.0 Å². The summed E-state index contributed by atoms with van der Waals surface area (Å²) in [6, 6.07) is 13.8. The number of hydrogen-bond acceptors (Lipinski definition) is 3. The molecular formula is C16H17N3O2S. The lowest BCUT2D eigenvalue weighted by molar-refractivity contribution is 0.561. The van der Waals surface area contributed by atoms with Crippen molar-refractivity contribution in [3.63, 3.8) is 0 Å². The summed E-state index contributed by atoms with van der Waals surface area (Å²) in [5.74, 6) is 0.597. The Morgan fingerprint density at radius 1 is 1.14 bits per heavy atom. The molecule has 0 fully saturated rings. The zero-order chi connectivity index (χ0) is 15.7. The van der Waals surface area contributed by atoms with Crippen LogP contribution in [0.5, 0.6) is 0 Å². The van der Waals surface area contributed by atoms with Gasteiger partial charge in [0.2, 0.25) is 10.0 Å². The molecule has 3 aromatic rings. The number of sulfonamides is 1. The predicted molar refractivity (Wildman–Crippen MR) is 86.0 cm³/mol. The van der Waals surface area contributed by atoms with Gasteiger partial charge in [-0.15, -0.1) is 0 Å². The van der Waals surface area contributed by atoms with E-state index >= 15 is 0 Å². The molecule has 1 heterocycles. The second kappa shape index (κ2) is 5.55. The number of H-pyrrole nitrogens is 1. The van der Waals surface area contributed by atoms with E-state index in [-0.39, 0.29) is 4.90 Å². The molecule has 2 N–H and O–H groups in total. The summed E-state index contributed by atoms with van der Waals surface area (Å²) in [7, 11) is -3.56. The van der Waals surface area contributed by atoms with Crippen molar-refractivity contribution in [2.45, 2.75) is 24.8 Å². The van der Waals surface area contributed by atoms with Gasteiger partial charge in [0.25, 0.3) is 0 Å². The van der Waals surface area contributed by atoms with Crippen LogP contribution in [0.4, 0.5) is 0 Å². The number of imidazole rings is 1. The molecule has 1 atom stereocenters. The zero-order valence-electron chi connectivity index (χ0n) is 12.4. The first-order valence-electron chi connectivity index (χ1n) is 6.99. The van der Waals surface area contributed by atoms with E-state index in [9.17, 15) is 8.42 Å². The standard InChI is InChI=1S/C16H17N3O2S/c1-11-8-9-14-15(10-11)18-16(17-14)12(2)19-22(20,21)13-6-4-3-5-7-13/h3-10,12,19H,1-2H3,(H,17,18). The number of nitrogens with zero attached hydrogens (tertiary/aromatic N) is 1. The van der Waals surface area contributed by atoms with Crippen LogP contribution >= 0.6 is 0 Å². The number of hydrogen-bond donors (Lipinski definition) is 2. The highest BCUT2D eigenvalue weighted by atomic mass is 32.2. The van der Waals surface area contributed by atoms with Gasteiger partial charge in [-0.05, 0) is 43.7 Å². The summed E-state index contributed by atoms with van der Waals surface area (Å²) in [5.41, 5.74) is 2.85. The van der Waals surface area contributed by atoms with Crippen molar-refractivity contribution in [1.82, 2.24) is 14.7 Å². The maximum Gasteiger partial charge on any atom is 0.241 e. The van der Waals surface area contributed by atoms with Gasteiger partial charge in [0, 0.05) is 0 Å². The fourth-order valence-corrected chi connectivity index (χ4v) is 3.53. The minimum absolute atomic E-state index is 0.244. The highest BCUT2D eigenvalue weighted by Gasteiger charge is 2.20. The van der Waals surface area contributed by atoms with Crippen molar-refractivity contribution in [2.24, 2.45) is 0 Å². The minimum Gasteiger partial charge on any atom is -0.341 e. The van der Waals surface area contributed by atoms with Gasteiger partial charge in [-0.3, -0.25) is 0 Å². The monoisotopic (exact) mass is 315 g/mol. The third kappa shape index (κ3) is 2.88. The molecule has 0 radical (unpaired) electrons. The molecule has 0 bridgehead atoms. The van der Waals surface area contributed by atoms with E-state index in [1.807, 2.05) is 25.1 Å². The van der Waals surface area contributed by atoms with Gasteiger partial charge in [-0.2, -0.15) is 0 Å². The maximum absolute atomic E-state index is 12.3. The number of nitrogens with one attached hydrogen (secondary N) is 2. The first kappa shape index (κ1) is 14.7. The Labute approximate surface area is 129 Å². The summed E-state index contributed by atoms with van der Waals surface area (Å²) >= 11 is 0. The maximum atomic E-state index is 12.3. The highest BCUT2D eigenvalue weighted by Crippen LogP contribution is 2.19. The van der Waals surface area contributed by atoms with Crippen molar-refractivity contribution in [2.75, 3.05) is 0 Å². The smallest absolute Gasteiger partial charge is 0.241 e. The Morgan fingerprint density at radius 3 is 2.59 bits per heavy atom. The predicted octanol–water partition coefficient (Wildman–Crippen LogP) is 2.91. The summed E-state index contributed by atoms with van der Waals surface area (Å²) in [6.45, 7) is 3.77. The van der Waals surface area contributed by atoms with Gasteiger partial charge >= 0.3 is 0 Å². The molecule has 0 spiro atoms. The van der Waals surface area contributed by atoms with Crippen LogP contribution < -0.4 is 4.72 Å². The molecule has 1 unspecified atom stereocenters. The number of rotatable bonds is 4. The Morgan fingerprint density at radius 2 is 1.86 bits per heavy atom. The molecule has 1 aromatic heterocycles. The highest BCUT2D eigenvalue weighted by molar-refractivity contribution is 7.89. The van der Waals surface area contributed by atoms with E-state index in [1.54, 1.807) is 37.3 Å². The molecule has 0 amide bonds. The number of aromatic nitrogens is 2. The van der Waals surface area contributed by atoms with E-state index in [4.69, 9.17) is 0 Å². The van der Waals surface area contributed by atoms with Crippen LogP contribution in [0.15, 0.2) is 53.4 Å². The molecule has 6 heteroatoms. The van der Waals surface area contributed by atoms with Crippen LogP contribution in [-0.4, -0.2) is 18.4 Å². The lowest BCUT2D eigenvalue weighted by Gasteiger charge is -2.11. The van der Waals surface area contributed by atoms with Crippen LogP contribution in [0.3, 0.4) is 0 Å². The molecular weight excluding hydrogens is 298 g/mol. The second-order valence-corrected chi connectivity index (χ2v) is 7.01. The largest absolute Gasteiger partial charge is 0.341 e. The van der Waals surface area contributed by atoms with Crippen LogP contribution in [0.25, 0.3) is 11.0 Å². The lowest BCUT2D eigenvalue weighted by Crippen LogP contribution is -2.27. The molecule has 3 rings (SSSR count).